The number of hydrogen-bond acceptors (Lipinski definition) is 5. The van der Waals surface area contributed by atoms with Gasteiger partial charge in [0, 0.05) is 12.5 Å². The molecule has 0 aliphatic heterocycles. The zero-order valence-corrected chi connectivity index (χ0v) is 14.6. The van der Waals surface area contributed by atoms with Crippen LogP contribution < -0.4 is 5.56 Å². The summed E-state index contributed by atoms with van der Waals surface area (Å²) in [4.78, 5) is 19.8. The quantitative estimate of drug-likeness (QED) is 0.722. The summed E-state index contributed by atoms with van der Waals surface area (Å²) in [5, 5.41) is 10.2. The second kappa shape index (κ2) is 6.05. The second-order valence-electron chi connectivity index (χ2n) is 6.13. The molecule has 0 unspecified atom stereocenters. The standard InChI is InChI=1S/C17H19N5OS/c1-3-22-15(11-7-8-11)20-21-17(22)24-9-13-18-14-10(2)5-4-6-12(14)16(23)19-13/h4-6,11H,3,7-9H2,1-2H3,(H,18,19,23). The third-order valence-corrected chi connectivity index (χ3v) is 5.31. The molecule has 0 radical (unpaired) electrons. The van der Waals surface area contributed by atoms with Crippen molar-refractivity contribution in [2.45, 2.75) is 50.1 Å². The van der Waals surface area contributed by atoms with Gasteiger partial charge in [0.15, 0.2) is 5.16 Å². The Labute approximate surface area is 143 Å². The molecule has 0 bridgehead atoms. The number of aryl methyl sites for hydroxylation is 1. The van der Waals surface area contributed by atoms with Crippen molar-refractivity contribution in [2.75, 3.05) is 0 Å². The number of aromatic nitrogens is 5. The molecule has 2 aromatic heterocycles. The van der Waals surface area contributed by atoms with Gasteiger partial charge in [-0.2, -0.15) is 0 Å². The Bertz CT molecular complexity index is 957. The first-order valence-corrected chi connectivity index (χ1v) is 9.20. The summed E-state index contributed by atoms with van der Waals surface area (Å²) in [7, 11) is 0. The van der Waals surface area contributed by atoms with Crippen molar-refractivity contribution in [3.05, 3.63) is 45.8 Å². The van der Waals surface area contributed by atoms with Crippen LogP contribution in [0.4, 0.5) is 0 Å². The lowest BCUT2D eigenvalue weighted by molar-refractivity contribution is 0.643. The van der Waals surface area contributed by atoms with Gasteiger partial charge in [0.1, 0.15) is 11.6 Å². The maximum absolute atomic E-state index is 12.2. The van der Waals surface area contributed by atoms with Gasteiger partial charge in [-0.3, -0.25) is 4.79 Å². The Hall–Kier alpha value is -2.15. The highest BCUT2D eigenvalue weighted by atomic mass is 32.2. The molecule has 24 heavy (non-hydrogen) atoms. The molecule has 1 aromatic carbocycles. The van der Waals surface area contributed by atoms with Gasteiger partial charge in [0.2, 0.25) is 0 Å². The molecule has 1 fully saturated rings. The number of nitrogens with one attached hydrogen (secondary N) is 1. The molecule has 0 spiro atoms. The van der Waals surface area contributed by atoms with Crippen LogP contribution in [0.25, 0.3) is 10.9 Å². The number of rotatable bonds is 5. The molecular weight excluding hydrogens is 322 g/mol. The maximum Gasteiger partial charge on any atom is 0.258 e. The van der Waals surface area contributed by atoms with Gasteiger partial charge in [-0.15, -0.1) is 10.2 Å². The minimum atomic E-state index is -0.0880. The number of aromatic amines is 1. The lowest BCUT2D eigenvalue weighted by Crippen LogP contribution is -2.12. The number of fused-ring (bicyclic) bond motifs is 1. The van der Waals surface area contributed by atoms with E-state index in [0.717, 1.165) is 28.6 Å². The van der Waals surface area contributed by atoms with Crippen molar-refractivity contribution in [1.82, 2.24) is 24.7 Å². The fourth-order valence-electron chi connectivity index (χ4n) is 2.90. The highest BCUT2D eigenvalue weighted by Crippen LogP contribution is 2.40. The third kappa shape index (κ3) is 2.73. The Morgan fingerprint density at radius 2 is 2.17 bits per heavy atom. The fourth-order valence-corrected chi connectivity index (χ4v) is 3.78. The van der Waals surface area contributed by atoms with Crippen LogP contribution in [-0.2, 0) is 12.3 Å². The number of H-pyrrole nitrogens is 1. The van der Waals surface area contributed by atoms with Gasteiger partial charge in [-0.25, -0.2) is 4.98 Å². The fraction of sp³-hybridized carbons (Fsp3) is 0.412. The van der Waals surface area contributed by atoms with Crippen LogP contribution in [0.1, 0.15) is 42.9 Å². The molecule has 124 valence electrons. The van der Waals surface area contributed by atoms with E-state index >= 15 is 0 Å². The molecule has 0 saturated heterocycles. The summed E-state index contributed by atoms with van der Waals surface area (Å²) in [5.41, 5.74) is 1.69. The van der Waals surface area contributed by atoms with Crippen molar-refractivity contribution in [3.63, 3.8) is 0 Å². The Morgan fingerprint density at radius 3 is 2.92 bits per heavy atom. The van der Waals surface area contributed by atoms with Crippen molar-refractivity contribution in [3.8, 4) is 0 Å². The smallest absolute Gasteiger partial charge is 0.258 e. The zero-order valence-electron chi connectivity index (χ0n) is 13.7. The summed E-state index contributed by atoms with van der Waals surface area (Å²) in [6.07, 6.45) is 2.42. The molecule has 7 heteroatoms. The van der Waals surface area contributed by atoms with E-state index in [0.29, 0.717) is 22.9 Å². The SMILES string of the molecule is CCn1c(SCc2nc3c(C)cccc3c(=O)[nH]2)nnc1C1CC1. The van der Waals surface area contributed by atoms with Crippen LogP contribution in [-0.4, -0.2) is 24.7 Å². The maximum atomic E-state index is 12.2. The Kier molecular flexibility index (Phi) is 3.88. The first-order valence-electron chi connectivity index (χ1n) is 8.21. The highest BCUT2D eigenvalue weighted by Gasteiger charge is 2.29. The molecule has 3 aromatic rings. The van der Waals surface area contributed by atoms with Gasteiger partial charge >= 0.3 is 0 Å². The predicted octanol–water partition coefficient (Wildman–Crippen LogP) is 3.01. The average molecular weight is 341 g/mol. The number of benzene rings is 1. The van der Waals surface area contributed by atoms with Crippen LogP contribution in [0, 0.1) is 6.92 Å². The summed E-state index contributed by atoms with van der Waals surface area (Å²) in [6.45, 7) is 4.95. The van der Waals surface area contributed by atoms with Crippen LogP contribution >= 0.6 is 11.8 Å². The van der Waals surface area contributed by atoms with Crippen LogP contribution in [0.3, 0.4) is 0 Å². The summed E-state index contributed by atoms with van der Waals surface area (Å²) in [5.74, 6) is 2.91. The van der Waals surface area contributed by atoms with E-state index in [2.05, 4.69) is 31.7 Å². The molecule has 1 saturated carbocycles. The Morgan fingerprint density at radius 1 is 1.33 bits per heavy atom. The van der Waals surface area contributed by atoms with E-state index in [1.165, 1.54) is 12.8 Å². The number of thioether (sulfide) groups is 1. The van der Waals surface area contributed by atoms with Crippen molar-refractivity contribution in [2.24, 2.45) is 0 Å². The second-order valence-corrected chi connectivity index (χ2v) is 7.07. The van der Waals surface area contributed by atoms with E-state index in [1.807, 2.05) is 19.1 Å². The normalized spacial score (nSPS) is 14.4. The van der Waals surface area contributed by atoms with Gasteiger partial charge in [-0.1, -0.05) is 23.9 Å². The van der Waals surface area contributed by atoms with Gasteiger partial charge in [0.25, 0.3) is 5.56 Å². The summed E-state index contributed by atoms with van der Waals surface area (Å²) >= 11 is 1.57. The lowest BCUT2D eigenvalue weighted by Gasteiger charge is -2.07. The first kappa shape index (κ1) is 15.4. The van der Waals surface area contributed by atoms with E-state index < -0.39 is 0 Å². The largest absolute Gasteiger partial charge is 0.309 e. The van der Waals surface area contributed by atoms with Crippen LogP contribution in [0.2, 0.25) is 0 Å². The minimum Gasteiger partial charge on any atom is -0.309 e. The van der Waals surface area contributed by atoms with E-state index in [9.17, 15) is 4.79 Å². The average Bonchev–Trinajstić information content (AvgIpc) is 3.34. The van der Waals surface area contributed by atoms with Crippen molar-refractivity contribution in [1.29, 1.82) is 0 Å². The van der Waals surface area contributed by atoms with Crippen LogP contribution in [0.15, 0.2) is 28.2 Å². The summed E-state index contributed by atoms with van der Waals surface area (Å²) < 4.78 is 2.17. The third-order valence-electron chi connectivity index (χ3n) is 4.33. The Balaban J connectivity index is 1.61. The monoisotopic (exact) mass is 341 g/mol. The minimum absolute atomic E-state index is 0.0880. The van der Waals surface area contributed by atoms with E-state index in [4.69, 9.17) is 0 Å². The number of nitrogens with zero attached hydrogens (tertiary/aromatic N) is 4. The molecule has 4 rings (SSSR count). The van der Waals surface area contributed by atoms with Gasteiger partial charge in [-0.05, 0) is 38.3 Å². The lowest BCUT2D eigenvalue weighted by atomic mass is 10.1. The highest BCUT2D eigenvalue weighted by molar-refractivity contribution is 7.98. The molecule has 6 nitrogen and oxygen atoms in total. The number of para-hydroxylation sites is 1. The number of hydrogen-bond donors (Lipinski definition) is 1. The molecule has 1 N–H and O–H groups in total. The van der Waals surface area contributed by atoms with Crippen LogP contribution in [0.5, 0.6) is 0 Å². The first-order chi connectivity index (χ1) is 11.7. The van der Waals surface area contributed by atoms with E-state index in [1.54, 1.807) is 17.8 Å². The van der Waals surface area contributed by atoms with Gasteiger partial charge < -0.3 is 9.55 Å². The molecule has 1 aliphatic carbocycles. The zero-order chi connectivity index (χ0) is 16.7. The topological polar surface area (TPSA) is 76.5 Å². The molecule has 0 atom stereocenters. The molecule has 0 amide bonds. The molecular formula is C17H19N5OS. The van der Waals surface area contributed by atoms with E-state index in [-0.39, 0.29) is 5.56 Å². The van der Waals surface area contributed by atoms with Crippen molar-refractivity contribution >= 4 is 22.7 Å². The molecule has 2 heterocycles. The predicted molar refractivity (Wildman–Crippen MR) is 94.3 cm³/mol. The molecule has 1 aliphatic rings. The summed E-state index contributed by atoms with van der Waals surface area (Å²) in [6, 6.07) is 5.66. The van der Waals surface area contributed by atoms with Gasteiger partial charge in [0.05, 0.1) is 16.7 Å². The van der Waals surface area contributed by atoms with Crippen molar-refractivity contribution < 1.29 is 0 Å².